The summed E-state index contributed by atoms with van der Waals surface area (Å²) in [6.45, 7) is 4.16. The molecule has 1 aliphatic heterocycles. The second-order valence-corrected chi connectivity index (χ2v) is 3.96. The SMILES string of the molecule is Cc1nc(CCC2CCNCC2)no1. The van der Waals surface area contributed by atoms with Crippen molar-refractivity contribution < 1.29 is 4.52 Å². The summed E-state index contributed by atoms with van der Waals surface area (Å²) >= 11 is 0. The van der Waals surface area contributed by atoms with E-state index in [1.54, 1.807) is 0 Å². The second-order valence-electron chi connectivity index (χ2n) is 3.96. The van der Waals surface area contributed by atoms with Gasteiger partial charge in [-0.05, 0) is 38.3 Å². The van der Waals surface area contributed by atoms with Crippen LogP contribution in [0.4, 0.5) is 0 Å². The molecular formula is C10H17N3O. The van der Waals surface area contributed by atoms with E-state index in [0.29, 0.717) is 5.89 Å². The van der Waals surface area contributed by atoms with Gasteiger partial charge in [0, 0.05) is 13.3 Å². The number of aromatic nitrogens is 2. The first kappa shape index (κ1) is 9.65. The number of piperidine rings is 1. The molecule has 1 N–H and O–H groups in total. The van der Waals surface area contributed by atoms with Crippen molar-refractivity contribution in [1.82, 2.24) is 15.5 Å². The fourth-order valence-electron chi connectivity index (χ4n) is 1.95. The van der Waals surface area contributed by atoms with Crippen LogP contribution in [0.1, 0.15) is 31.0 Å². The van der Waals surface area contributed by atoms with Gasteiger partial charge in [-0.3, -0.25) is 0 Å². The molecule has 0 atom stereocenters. The normalized spacial score (nSPS) is 18.6. The highest BCUT2D eigenvalue weighted by Crippen LogP contribution is 2.17. The third kappa shape index (κ3) is 2.54. The predicted octanol–water partition coefficient (Wildman–Crippen LogP) is 1.31. The Morgan fingerprint density at radius 2 is 2.21 bits per heavy atom. The molecule has 0 radical (unpaired) electrons. The van der Waals surface area contributed by atoms with Crippen molar-refractivity contribution in [3.05, 3.63) is 11.7 Å². The molecule has 14 heavy (non-hydrogen) atoms. The number of nitrogens with zero attached hydrogens (tertiary/aromatic N) is 2. The Bertz CT molecular complexity index is 279. The molecule has 1 saturated heterocycles. The molecule has 0 spiro atoms. The number of aryl methyl sites for hydroxylation is 2. The average molecular weight is 195 g/mol. The van der Waals surface area contributed by atoms with Gasteiger partial charge in [0.05, 0.1) is 0 Å². The molecule has 1 aromatic rings. The van der Waals surface area contributed by atoms with Crippen LogP contribution in [0.25, 0.3) is 0 Å². The van der Waals surface area contributed by atoms with Crippen molar-refractivity contribution in [2.45, 2.75) is 32.6 Å². The van der Waals surface area contributed by atoms with E-state index in [4.69, 9.17) is 4.52 Å². The van der Waals surface area contributed by atoms with E-state index < -0.39 is 0 Å². The fraction of sp³-hybridized carbons (Fsp3) is 0.800. The summed E-state index contributed by atoms with van der Waals surface area (Å²) in [5, 5.41) is 7.27. The van der Waals surface area contributed by atoms with Gasteiger partial charge in [0.15, 0.2) is 5.82 Å². The van der Waals surface area contributed by atoms with Gasteiger partial charge in [-0.15, -0.1) is 0 Å². The van der Waals surface area contributed by atoms with E-state index in [-0.39, 0.29) is 0 Å². The maximum absolute atomic E-state index is 4.93. The van der Waals surface area contributed by atoms with E-state index >= 15 is 0 Å². The van der Waals surface area contributed by atoms with Crippen molar-refractivity contribution in [1.29, 1.82) is 0 Å². The van der Waals surface area contributed by atoms with E-state index in [1.165, 1.54) is 19.3 Å². The summed E-state index contributed by atoms with van der Waals surface area (Å²) < 4.78 is 4.93. The van der Waals surface area contributed by atoms with E-state index in [0.717, 1.165) is 31.3 Å². The number of hydrogen-bond acceptors (Lipinski definition) is 4. The first-order valence-electron chi connectivity index (χ1n) is 5.34. The lowest BCUT2D eigenvalue weighted by Crippen LogP contribution is -2.27. The van der Waals surface area contributed by atoms with E-state index in [9.17, 15) is 0 Å². The standard InChI is InChI=1S/C10H17N3O/c1-8-12-10(13-14-8)3-2-9-4-6-11-7-5-9/h9,11H,2-7H2,1H3. The van der Waals surface area contributed by atoms with Gasteiger partial charge in [-0.1, -0.05) is 5.16 Å². The summed E-state index contributed by atoms with van der Waals surface area (Å²) in [7, 11) is 0. The highest BCUT2D eigenvalue weighted by Gasteiger charge is 2.13. The molecule has 1 aliphatic rings. The number of hydrogen-bond donors (Lipinski definition) is 1. The molecule has 4 heteroatoms. The van der Waals surface area contributed by atoms with Crippen LogP contribution in [-0.2, 0) is 6.42 Å². The first-order chi connectivity index (χ1) is 6.84. The van der Waals surface area contributed by atoms with Crippen molar-refractivity contribution in [2.24, 2.45) is 5.92 Å². The molecule has 2 rings (SSSR count). The maximum Gasteiger partial charge on any atom is 0.223 e. The summed E-state index contributed by atoms with van der Waals surface area (Å²) in [6, 6.07) is 0. The smallest absolute Gasteiger partial charge is 0.223 e. The number of nitrogens with one attached hydrogen (secondary N) is 1. The molecule has 0 saturated carbocycles. The minimum atomic E-state index is 0.672. The van der Waals surface area contributed by atoms with E-state index in [2.05, 4.69) is 15.5 Å². The lowest BCUT2D eigenvalue weighted by atomic mass is 9.93. The third-order valence-electron chi connectivity index (χ3n) is 2.80. The molecular weight excluding hydrogens is 178 g/mol. The van der Waals surface area contributed by atoms with Gasteiger partial charge in [0.1, 0.15) is 0 Å². The largest absolute Gasteiger partial charge is 0.340 e. The highest BCUT2D eigenvalue weighted by atomic mass is 16.5. The molecule has 0 amide bonds. The van der Waals surface area contributed by atoms with Gasteiger partial charge < -0.3 is 9.84 Å². The average Bonchev–Trinajstić information content (AvgIpc) is 2.63. The van der Waals surface area contributed by atoms with Crippen LogP contribution in [0.5, 0.6) is 0 Å². The van der Waals surface area contributed by atoms with Crippen molar-refractivity contribution in [3.8, 4) is 0 Å². The van der Waals surface area contributed by atoms with Crippen LogP contribution >= 0.6 is 0 Å². The zero-order valence-electron chi connectivity index (χ0n) is 8.62. The minimum absolute atomic E-state index is 0.672. The molecule has 0 aromatic carbocycles. The predicted molar refractivity (Wildman–Crippen MR) is 52.9 cm³/mol. The quantitative estimate of drug-likeness (QED) is 0.790. The fourth-order valence-corrected chi connectivity index (χ4v) is 1.95. The summed E-state index contributed by atoms with van der Waals surface area (Å²) in [4.78, 5) is 4.20. The topological polar surface area (TPSA) is 51.0 Å². The van der Waals surface area contributed by atoms with Gasteiger partial charge in [-0.25, -0.2) is 0 Å². The molecule has 4 nitrogen and oxygen atoms in total. The molecule has 1 fully saturated rings. The lowest BCUT2D eigenvalue weighted by molar-refractivity contribution is 0.346. The van der Waals surface area contributed by atoms with Gasteiger partial charge in [0.2, 0.25) is 5.89 Å². The third-order valence-corrected chi connectivity index (χ3v) is 2.80. The Kier molecular flexibility index (Phi) is 3.14. The summed E-state index contributed by atoms with van der Waals surface area (Å²) in [6.07, 6.45) is 4.73. The summed E-state index contributed by atoms with van der Waals surface area (Å²) in [5.74, 6) is 2.38. The van der Waals surface area contributed by atoms with Crippen LogP contribution in [0.15, 0.2) is 4.52 Å². The highest BCUT2D eigenvalue weighted by molar-refractivity contribution is 4.85. The maximum atomic E-state index is 4.93. The zero-order chi connectivity index (χ0) is 9.80. The molecule has 2 heterocycles. The van der Waals surface area contributed by atoms with Crippen LogP contribution in [0, 0.1) is 12.8 Å². The van der Waals surface area contributed by atoms with Crippen molar-refractivity contribution >= 4 is 0 Å². The van der Waals surface area contributed by atoms with Crippen LogP contribution in [-0.4, -0.2) is 23.2 Å². The van der Waals surface area contributed by atoms with Crippen molar-refractivity contribution in [3.63, 3.8) is 0 Å². The van der Waals surface area contributed by atoms with Gasteiger partial charge in [-0.2, -0.15) is 4.98 Å². The van der Waals surface area contributed by atoms with Crippen LogP contribution in [0.2, 0.25) is 0 Å². The Morgan fingerprint density at radius 1 is 1.43 bits per heavy atom. The van der Waals surface area contributed by atoms with Crippen molar-refractivity contribution in [2.75, 3.05) is 13.1 Å². The molecule has 1 aromatic heterocycles. The Balaban J connectivity index is 1.76. The van der Waals surface area contributed by atoms with E-state index in [1.807, 2.05) is 6.92 Å². The second kappa shape index (κ2) is 4.55. The monoisotopic (exact) mass is 195 g/mol. The van der Waals surface area contributed by atoms with Crippen LogP contribution < -0.4 is 5.32 Å². The molecule has 0 bridgehead atoms. The lowest BCUT2D eigenvalue weighted by Gasteiger charge is -2.21. The Morgan fingerprint density at radius 3 is 2.86 bits per heavy atom. The molecule has 78 valence electrons. The number of rotatable bonds is 3. The van der Waals surface area contributed by atoms with Gasteiger partial charge >= 0.3 is 0 Å². The van der Waals surface area contributed by atoms with Gasteiger partial charge in [0.25, 0.3) is 0 Å². The van der Waals surface area contributed by atoms with Crippen LogP contribution in [0.3, 0.4) is 0 Å². The summed E-state index contributed by atoms with van der Waals surface area (Å²) in [5.41, 5.74) is 0. The molecule has 0 unspecified atom stereocenters. The Hall–Kier alpha value is -0.900. The molecule has 0 aliphatic carbocycles. The Labute approximate surface area is 84.1 Å². The first-order valence-corrected chi connectivity index (χ1v) is 5.34. The minimum Gasteiger partial charge on any atom is -0.340 e. The zero-order valence-corrected chi connectivity index (χ0v) is 8.62.